The Morgan fingerprint density at radius 2 is 2.33 bits per heavy atom. The summed E-state index contributed by atoms with van der Waals surface area (Å²) in [7, 11) is 0. The maximum atomic E-state index is 12.0. The molecule has 2 heterocycles. The summed E-state index contributed by atoms with van der Waals surface area (Å²) in [5.74, 6) is 0. The molecule has 6 nitrogen and oxygen atoms in total. The normalized spacial score (nSPS) is 13.0. The summed E-state index contributed by atoms with van der Waals surface area (Å²) in [4.78, 5) is 12.0. The molecule has 2 aromatic rings. The monoisotopic (exact) mass is 250 g/mol. The van der Waals surface area contributed by atoms with Gasteiger partial charge in [0.2, 0.25) is 0 Å². The molecule has 0 aromatic carbocycles. The quantitative estimate of drug-likeness (QED) is 0.700. The fourth-order valence-corrected chi connectivity index (χ4v) is 1.84. The number of rotatable bonds is 6. The SMILES string of the molecule is CCCNCC(O)Cn1ccn2nccc2c1=O. The van der Waals surface area contributed by atoms with Crippen molar-refractivity contribution in [3.8, 4) is 0 Å². The van der Waals surface area contributed by atoms with E-state index in [4.69, 9.17) is 0 Å². The number of aromatic nitrogens is 3. The van der Waals surface area contributed by atoms with Crippen LogP contribution in [0.4, 0.5) is 0 Å². The molecule has 0 amide bonds. The Labute approximate surface area is 105 Å². The lowest BCUT2D eigenvalue weighted by Gasteiger charge is -2.13. The summed E-state index contributed by atoms with van der Waals surface area (Å²) in [5, 5.41) is 16.9. The van der Waals surface area contributed by atoms with Crippen molar-refractivity contribution >= 4 is 5.52 Å². The van der Waals surface area contributed by atoms with Crippen molar-refractivity contribution in [2.45, 2.75) is 26.0 Å². The highest BCUT2D eigenvalue weighted by molar-refractivity contribution is 5.42. The van der Waals surface area contributed by atoms with Gasteiger partial charge < -0.3 is 15.0 Å². The molecule has 0 saturated carbocycles. The van der Waals surface area contributed by atoms with Crippen LogP contribution in [0, 0.1) is 0 Å². The van der Waals surface area contributed by atoms with Crippen LogP contribution >= 0.6 is 0 Å². The van der Waals surface area contributed by atoms with E-state index in [1.54, 1.807) is 24.7 Å². The highest BCUT2D eigenvalue weighted by Crippen LogP contribution is 1.95. The fraction of sp³-hybridized carbons (Fsp3) is 0.500. The molecule has 1 unspecified atom stereocenters. The fourth-order valence-electron chi connectivity index (χ4n) is 1.84. The standard InChI is InChI=1S/C12H18N4O2/c1-2-4-13-8-10(17)9-15-6-7-16-11(12(15)18)3-5-14-16/h3,5-7,10,13,17H,2,4,8-9H2,1H3. The molecule has 18 heavy (non-hydrogen) atoms. The summed E-state index contributed by atoms with van der Waals surface area (Å²) >= 11 is 0. The summed E-state index contributed by atoms with van der Waals surface area (Å²) in [5.41, 5.74) is 0.385. The molecule has 0 aliphatic carbocycles. The first kappa shape index (κ1) is 12.8. The van der Waals surface area contributed by atoms with E-state index in [2.05, 4.69) is 17.3 Å². The van der Waals surface area contributed by atoms with Crippen LogP contribution in [-0.2, 0) is 6.54 Å². The van der Waals surface area contributed by atoms with E-state index in [0.717, 1.165) is 13.0 Å². The van der Waals surface area contributed by atoms with E-state index in [0.29, 0.717) is 12.1 Å². The smallest absolute Gasteiger partial charge is 0.276 e. The lowest BCUT2D eigenvalue weighted by molar-refractivity contribution is 0.150. The lowest BCUT2D eigenvalue weighted by Crippen LogP contribution is -2.34. The molecule has 1 atom stereocenters. The third-order valence-electron chi connectivity index (χ3n) is 2.75. The molecule has 0 aliphatic heterocycles. The number of hydrogen-bond donors (Lipinski definition) is 2. The minimum atomic E-state index is -0.570. The Kier molecular flexibility index (Phi) is 4.11. The van der Waals surface area contributed by atoms with Gasteiger partial charge in [-0.05, 0) is 19.0 Å². The molecule has 2 N–H and O–H groups in total. The van der Waals surface area contributed by atoms with Gasteiger partial charge in [0, 0.05) is 18.9 Å². The van der Waals surface area contributed by atoms with E-state index < -0.39 is 6.10 Å². The molecule has 2 rings (SSSR count). The predicted octanol–water partition coefficient (Wildman–Crippen LogP) is -0.144. The van der Waals surface area contributed by atoms with Crippen LogP contribution < -0.4 is 10.9 Å². The van der Waals surface area contributed by atoms with Crippen LogP contribution in [0.3, 0.4) is 0 Å². The number of aliphatic hydroxyl groups is 1. The third kappa shape index (κ3) is 2.77. The second-order valence-corrected chi connectivity index (χ2v) is 4.27. The van der Waals surface area contributed by atoms with Gasteiger partial charge in [-0.25, -0.2) is 4.52 Å². The Hall–Kier alpha value is -1.66. The van der Waals surface area contributed by atoms with E-state index in [1.807, 2.05) is 0 Å². The molecule has 0 spiro atoms. The van der Waals surface area contributed by atoms with Crippen molar-refractivity contribution in [1.82, 2.24) is 19.5 Å². The molecule has 0 radical (unpaired) electrons. The molecular weight excluding hydrogens is 232 g/mol. The summed E-state index contributed by atoms with van der Waals surface area (Å²) in [6.45, 7) is 3.72. The Morgan fingerprint density at radius 3 is 3.11 bits per heavy atom. The Morgan fingerprint density at radius 1 is 1.50 bits per heavy atom. The molecule has 0 bridgehead atoms. The molecular formula is C12H18N4O2. The van der Waals surface area contributed by atoms with Crippen molar-refractivity contribution < 1.29 is 5.11 Å². The zero-order valence-electron chi connectivity index (χ0n) is 10.4. The topological polar surface area (TPSA) is 71.6 Å². The van der Waals surface area contributed by atoms with Crippen LogP contribution in [0.2, 0.25) is 0 Å². The second-order valence-electron chi connectivity index (χ2n) is 4.27. The van der Waals surface area contributed by atoms with Gasteiger partial charge in [-0.2, -0.15) is 5.10 Å². The first-order valence-electron chi connectivity index (χ1n) is 6.14. The number of nitrogens with one attached hydrogen (secondary N) is 1. The highest BCUT2D eigenvalue weighted by Gasteiger charge is 2.08. The van der Waals surface area contributed by atoms with Crippen LogP contribution in [0.15, 0.2) is 29.5 Å². The number of fused-ring (bicyclic) bond motifs is 1. The van der Waals surface area contributed by atoms with Crippen LogP contribution in [0.1, 0.15) is 13.3 Å². The van der Waals surface area contributed by atoms with Gasteiger partial charge in [-0.15, -0.1) is 0 Å². The second kappa shape index (κ2) is 5.79. The minimum absolute atomic E-state index is 0.135. The van der Waals surface area contributed by atoms with E-state index in [-0.39, 0.29) is 12.1 Å². The zero-order chi connectivity index (χ0) is 13.0. The number of aliphatic hydroxyl groups excluding tert-OH is 1. The molecule has 2 aromatic heterocycles. The van der Waals surface area contributed by atoms with Gasteiger partial charge in [0.1, 0.15) is 5.52 Å². The third-order valence-corrected chi connectivity index (χ3v) is 2.75. The number of nitrogens with zero attached hydrogens (tertiary/aromatic N) is 3. The van der Waals surface area contributed by atoms with Gasteiger partial charge in [0.15, 0.2) is 0 Å². The molecule has 0 saturated heterocycles. The largest absolute Gasteiger partial charge is 0.390 e. The summed E-state index contributed by atoms with van der Waals surface area (Å²) in [6.07, 6.45) is 5.39. The van der Waals surface area contributed by atoms with Gasteiger partial charge in [-0.3, -0.25) is 4.79 Å². The minimum Gasteiger partial charge on any atom is -0.390 e. The average Bonchev–Trinajstić information content (AvgIpc) is 2.82. The Bertz CT molecular complexity index is 560. The average molecular weight is 250 g/mol. The van der Waals surface area contributed by atoms with E-state index in [9.17, 15) is 9.90 Å². The first-order valence-corrected chi connectivity index (χ1v) is 6.14. The van der Waals surface area contributed by atoms with Crippen LogP contribution in [-0.4, -0.2) is 38.5 Å². The predicted molar refractivity (Wildman–Crippen MR) is 68.6 cm³/mol. The zero-order valence-corrected chi connectivity index (χ0v) is 10.4. The van der Waals surface area contributed by atoms with Gasteiger partial charge in [-0.1, -0.05) is 6.92 Å². The van der Waals surface area contributed by atoms with Gasteiger partial charge in [0.25, 0.3) is 5.56 Å². The van der Waals surface area contributed by atoms with Crippen molar-refractivity contribution in [1.29, 1.82) is 0 Å². The lowest BCUT2D eigenvalue weighted by atomic mass is 10.3. The van der Waals surface area contributed by atoms with E-state index in [1.165, 1.54) is 9.08 Å². The molecule has 0 fully saturated rings. The first-order chi connectivity index (χ1) is 8.72. The molecule has 0 aliphatic rings. The highest BCUT2D eigenvalue weighted by atomic mass is 16.3. The van der Waals surface area contributed by atoms with Crippen molar-refractivity contribution in [3.63, 3.8) is 0 Å². The summed E-state index contributed by atoms with van der Waals surface area (Å²) in [6, 6.07) is 1.67. The number of hydrogen-bond acceptors (Lipinski definition) is 4. The van der Waals surface area contributed by atoms with Crippen LogP contribution in [0.5, 0.6) is 0 Å². The van der Waals surface area contributed by atoms with Gasteiger partial charge >= 0.3 is 0 Å². The summed E-state index contributed by atoms with van der Waals surface area (Å²) < 4.78 is 3.04. The maximum Gasteiger partial charge on any atom is 0.276 e. The maximum absolute atomic E-state index is 12.0. The van der Waals surface area contributed by atoms with Gasteiger partial charge in [0.05, 0.1) is 18.8 Å². The van der Waals surface area contributed by atoms with Crippen molar-refractivity contribution in [3.05, 3.63) is 35.0 Å². The van der Waals surface area contributed by atoms with Crippen molar-refractivity contribution in [2.75, 3.05) is 13.1 Å². The van der Waals surface area contributed by atoms with E-state index >= 15 is 0 Å². The van der Waals surface area contributed by atoms with Crippen LogP contribution in [0.25, 0.3) is 5.52 Å². The molecule has 98 valence electrons. The van der Waals surface area contributed by atoms with Crippen molar-refractivity contribution in [2.24, 2.45) is 0 Å². The Balaban J connectivity index is 2.07. The molecule has 6 heteroatoms.